The lowest BCUT2D eigenvalue weighted by molar-refractivity contribution is -0.121. The molecule has 3 heterocycles. The average molecular weight is 305 g/mol. The number of hydrogen-bond donors (Lipinski definition) is 1. The number of hydrogen-bond acceptors (Lipinski definition) is 5. The van der Waals surface area contributed by atoms with Gasteiger partial charge in [0.2, 0.25) is 5.91 Å². The zero-order chi connectivity index (χ0) is 15.5. The number of carbonyl (C=O) groups is 1. The monoisotopic (exact) mass is 305 g/mol. The number of nitrogens with zero attached hydrogens (tertiary/aromatic N) is 4. The third kappa shape index (κ3) is 3.01. The van der Waals surface area contributed by atoms with Gasteiger partial charge in [0.15, 0.2) is 5.65 Å². The zero-order valence-corrected chi connectivity index (χ0v) is 12.5. The van der Waals surface area contributed by atoms with Crippen LogP contribution in [0.5, 0.6) is 0 Å². The molecule has 1 atom stereocenters. The van der Waals surface area contributed by atoms with Gasteiger partial charge in [0.1, 0.15) is 5.39 Å². The van der Waals surface area contributed by atoms with E-state index >= 15 is 0 Å². The molecular formula is C14H19N5O3. The molecule has 8 nitrogen and oxygen atoms in total. The van der Waals surface area contributed by atoms with E-state index in [0.717, 1.165) is 13.0 Å². The molecule has 8 heteroatoms. The Morgan fingerprint density at radius 1 is 1.55 bits per heavy atom. The van der Waals surface area contributed by atoms with Crippen molar-refractivity contribution in [1.29, 1.82) is 0 Å². The molecule has 0 aromatic carbocycles. The number of aryl methyl sites for hydroxylation is 2. The smallest absolute Gasteiger partial charge is 0.264 e. The van der Waals surface area contributed by atoms with Crippen molar-refractivity contribution in [1.82, 2.24) is 24.6 Å². The fourth-order valence-corrected chi connectivity index (χ4v) is 2.54. The Balaban J connectivity index is 1.57. The fraction of sp³-hybridized carbons (Fsp3) is 0.571. The van der Waals surface area contributed by atoms with Crippen LogP contribution in [0.1, 0.15) is 12.8 Å². The number of fused-ring (bicyclic) bond motifs is 1. The van der Waals surface area contributed by atoms with Gasteiger partial charge in [-0.3, -0.25) is 18.8 Å². The van der Waals surface area contributed by atoms with E-state index in [1.807, 2.05) is 0 Å². The second-order valence-corrected chi connectivity index (χ2v) is 5.53. The molecule has 0 saturated carbocycles. The van der Waals surface area contributed by atoms with Crippen LogP contribution in [0.3, 0.4) is 0 Å². The highest BCUT2D eigenvalue weighted by atomic mass is 16.5. The van der Waals surface area contributed by atoms with Crippen molar-refractivity contribution in [3.05, 3.63) is 22.9 Å². The molecule has 22 heavy (non-hydrogen) atoms. The van der Waals surface area contributed by atoms with Crippen LogP contribution in [0.25, 0.3) is 11.0 Å². The van der Waals surface area contributed by atoms with Crippen LogP contribution in [-0.2, 0) is 23.1 Å². The molecule has 0 bridgehead atoms. The van der Waals surface area contributed by atoms with Crippen LogP contribution in [-0.4, -0.2) is 45.0 Å². The number of ether oxygens (including phenoxy) is 1. The molecule has 118 valence electrons. The van der Waals surface area contributed by atoms with Gasteiger partial charge in [0.25, 0.3) is 5.56 Å². The number of rotatable bonds is 5. The van der Waals surface area contributed by atoms with Gasteiger partial charge < -0.3 is 10.1 Å². The summed E-state index contributed by atoms with van der Waals surface area (Å²) in [5.74, 6) is 0.338. The molecule has 1 saturated heterocycles. The summed E-state index contributed by atoms with van der Waals surface area (Å²) in [6.07, 6.45) is 4.20. The second kappa shape index (κ2) is 6.27. The molecular weight excluding hydrogens is 286 g/mol. The first-order chi connectivity index (χ1) is 10.6. The van der Waals surface area contributed by atoms with Crippen LogP contribution < -0.4 is 10.9 Å². The number of nitrogens with one attached hydrogen (secondary N) is 1. The Kier molecular flexibility index (Phi) is 4.19. The molecule has 1 amide bonds. The topological polar surface area (TPSA) is 91.0 Å². The van der Waals surface area contributed by atoms with Crippen LogP contribution in [0.2, 0.25) is 0 Å². The third-order valence-electron chi connectivity index (χ3n) is 3.91. The predicted molar refractivity (Wildman–Crippen MR) is 79.3 cm³/mol. The first-order valence-electron chi connectivity index (χ1n) is 7.36. The Labute approximate surface area is 127 Å². The highest BCUT2D eigenvalue weighted by molar-refractivity contribution is 5.76. The first-order valence-corrected chi connectivity index (χ1v) is 7.36. The van der Waals surface area contributed by atoms with Crippen molar-refractivity contribution in [2.75, 3.05) is 19.8 Å². The van der Waals surface area contributed by atoms with Crippen LogP contribution >= 0.6 is 0 Å². The van der Waals surface area contributed by atoms with E-state index in [-0.39, 0.29) is 17.9 Å². The van der Waals surface area contributed by atoms with E-state index in [0.29, 0.717) is 36.6 Å². The normalized spacial score (nSPS) is 18.0. The van der Waals surface area contributed by atoms with Gasteiger partial charge in [-0.05, 0) is 6.42 Å². The maximum atomic E-state index is 12.2. The lowest BCUT2D eigenvalue weighted by atomic mass is 10.1. The lowest BCUT2D eigenvalue weighted by Gasteiger charge is -2.10. The molecule has 0 spiro atoms. The first kappa shape index (κ1) is 14.7. The van der Waals surface area contributed by atoms with Gasteiger partial charge in [-0.2, -0.15) is 5.10 Å². The van der Waals surface area contributed by atoms with Gasteiger partial charge in [-0.1, -0.05) is 0 Å². The van der Waals surface area contributed by atoms with E-state index < -0.39 is 0 Å². The Morgan fingerprint density at radius 3 is 3.18 bits per heavy atom. The van der Waals surface area contributed by atoms with Crippen LogP contribution in [0.15, 0.2) is 17.3 Å². The molecule has 1 aliphatic rings. The minimum absolute atomic E-state index is 0.0647. The number of amides is 1. The highest BCUT2D eigenvalue weighted by Gasteiger charge is 2.16. The van der Waals surface area contributed by atoms with Crippen molar-refractivity contribution in [3.63, 3.8) is 0 Å². The Morgan fingerprint density at radius 2 is 2.41 bits per heavy atom. The van der Waals surface area contributed by atoms with E-state index in [9.17, 15) is 9.59 Å². The van der Waals surface area contributed by atoms with Gasteiger partial charge in [0.05, 0.1) is 19.1 Å². The molecule has 0 aliphatic carbocycles. The maximum Gasteiger partial charge on any atom is 0.264 e. The van der Waals surface area contributed by atoms with Crippen molar-refractivity contribution in [2.24, 2.45) is 13.0 Å². The number of carbonyl (C=O) groups excluding carboxylic acids is 1. The molecule has 1 N–H and O–H groups in total. The van der Waals surface area contributed by atoms with Crippen molar-refractivity contribution >= 4 is 16.9 Å². The van der Waals surface area contributed by atoms with Crippen molar-refractivity contribution in [2.45, 2.75) is 19.4 Å². The summed E-state index contributed by atoms with van der Waals surface area (Å²) in [7, 11) is 1.74. The Bertz CT molecular complexity index is 730. The molecule has 0 unspecified atom stereocenters. The summed E-state index contributed by atoms with van der Waals surface area (Å²) < 4.78 is 8.26. The second-order valence-electron chi connectivity index (χ2n) is 5.53. The fourth-order valence-electron chi connectivity index (χ4n) is 2.54. The zero-order valence-electron chi connectivity index (χ0n) is 12.5. The lowest BCUT2D eigenvalue weighted by Crippen LogP contribution is -2.31. The van der Waals surface area contributed by atoms with Crippen LogP contribution in [0.4, 0.5) is 0 Å². The summed E-state index contributed by atoms with van der Waals surface area (Å²) in [4.78, 5) is 28.3. The standard InChI is InChI=1S/C14H19N5O3/c1-18-13-11(7-17-18)14(21)19(9-16-13)4-2-12(20)15-6-10-3-5-22-8-10/h7,9-10H,2-6,8H2,1H3,(H,15,20)/t10-/m1/s1. The summed E-state index contributed by atoms with van der Waals surface area (Å²) in [5.41, 5.74) is 0.377. The predicted octanol–water partition coefficient (Wildman–Crippen LogP) is -0.327. The average Bonchev–Trinajstić information content (AvgIpc) is 3.15. The highest BCUT2D eigenvalue weighted by Crippen LogP contribution is 2.10. The Hall–Kier alpha value is -2.22. The largest absolute Gasteiger partial charge is 0.381 e. The van der Waals surface area contributed by atoms with E-state index in [2.05, 4.69) is 15.4 Å². The van der Waals surface area contributed by atoms with Gasteiger partial charge in [-0.25, -0.2) is 4.98 Å². The number of aromatic nitrogens is 4. The minimum Gasteiger partial charge on any atom is -0.381 e. The minimum atomic E-state index is -0.171. The summed E-state index contributed by atoms with van der Waals surface area (Å²) in [6, 6.07) is 0. The van der Waals surface area contributed by atoms with E-state index in [4.69, 9.17) is 4.74 Å². The SMILES string of the molecule is Cn1ncc2c(=O)n(CCC(=O)NC[C@H]3CCOC3)cnc21. The summed E-state index contributed by atoms with van der Waals surface area (Å²) >= 11 is 0. The van der Waals surface area contributed by atoms with Crippen molar-refractivity contribution in [3.8, 4) is 0 Å². The maximum absolute atomic E-state index is 12.2. The van der Waals surface area contributed by atoms with Gasteiger partial charge in [0, 0.05) is 39.1 Å². The van der Waals surface area contributed by atoms with Gasteiger partial charge >= 0.3 is 0 Å². The quantitative estimate of drug-likeness (QED) is 0.817. The third-order valence-corrected chi connectivity index (χ3v) is 3.91. The van der Waals surface area contributed by atoms with Gasteiger partial charge in [-0.15, -0.1) is 0 Å². The van der Waals surface area contributed by atoms with E-state index in [1.165, 1.54) is 17.1 Å². The molecule has 1 aliphatic heterocycles. The molecule has 3 rings (SSSR count). The molecule has 0 radical (unpaired) electrons. The summed E-state index contributed by atoms with van der Waals surface area (Å²) in [5, 5.41) is 7.37. The molecule has 1 fully saturated rings. The van der Waals surface area contributed by atoms with E-state index in [1.54, 1.807) is 11.7 Å². The molecule has 2 aromatic heterocycles. The summed E-state index contributed by atoms with van der Waals surface area (Å²) in [6.45, 7) is 2.42. The van der Waals surface area contributed by atoms with Crippen molar-refractivity contribution < 1.29 is 9.53 Å². The van der Waals surface area contributed by atoms with Crippen LogP contribution in [0, 0.1) is 5.92 Å². The molecule has 2 aromatic rings.